The minimum Gasteiger partial charge on any atom is -0.390 e. The number of ether oxygens (including phenoxy) is 5. The number of piperidine rings is 1. The first-order chi connectivity index (χ1) is 33.2. The number of aliphatic hydroxyl groups excluding tert-OH is 2. The number of carbonyl (C=O) groups excluding carboxylic acids is 5. The van der Waals surface area contributed by atoms with Crippen LogP contribution in [0, 0.1) is 35.5 Å². The zero-order chi connectivity index (χ0) is 51.7. The number of morpholine rings is 1. The molecule has 15 nitrogen and oxygen atoms in total. The molecule has 3 heterocycles. The summed E-state index contributed by atoms with van der Waals surface area (Å²) in [6, 6.07) is -0.767. The van der Waals surface area contributed by atoms with Gasteiger partial charge in [-0.25, -0.2) is 0 Å². The van der Waals surface area contributed by atoms with Crippen molar-refractivity contribution in [1.82, 2.24) is 9.80 Å². The monoisotopic (exact) mass is 983 g/mol. The number of hydrogen-bond donors (Lipinski definition) is 3. The first-order valence-electron chi connectivity index (χ1n) is 25.8. The number of allylic oxidation sites excluding steroid dienone is 8. The molecule has 0 unspecified atom stereocenters. The molecule has 0 bridgehead atoms. The van der Waals surface area contributed by atoms with E-state index in [0.717, 1.165) is 31.3 Å². The summed E-state index contributed by atoms with van der Waals surface area (Å²) in [5.74, 6) is -5.72. The van der Waals surface area contributed by atoms with E-state index in [1.54, 1.807) is 52.0 Å². The molecule has 4 aliphatic rings. The predicted molar refractivity (Wildman–Crippen MR) is 267 cm³/mol. The lowest BCUT2D eigenvalue weighted by Gasteiger charge is -2.43. The second-order valence-electron chi connectivity index (χ2n) is 20.6. The maximum absolute atomic E-state index is 13.9. The van der Waals surface area contributed by atoms with Crippen LogP contribution in [0.25, 0.3) is 0 Å². The van der Waals surface area contributed by atoms with Crippen LogP contribution in [-0.2, 0) is 47.7 Å². The topological polar surface area (TPSA) is 199 Å². The van der Waals surface area contributed by atoms with E-state index in [2.05, 4.69) is 6.92 Å². The standard InChI is InChI=1S/C55H86N2O13/c1-35(30-39(5)49(60)51(68-10)50(61)40(6)32-38(4)45(58)23-19-36(2)31-42-21-24-46(59)48(33-42)67-9)16-12-11-13-17-37(3)47(66-8)34-43-22-20-41(7)55(65,70-43)52(62)54(64)57-25-15-14-18-44(57)53(63)56-26-28-69-29-27-56/h11-13,16-17,19,23,32,35-36,38-39,41-44,46-48,50-51,59,61,65H,14-15,18,20-22,24-31,33-34H2,1-10H3/b13-11+,16-12+,23-19+,37-17+,40-32+/t35-,36+,38-,39-,41-,42+,43+,44+,46-,47+,48-,50-,51+,55-/m1/s1. The third kappa shape index (κ3) is 16.4. The van der Waals surface area contributed by atoms with Crippen LogP contribution in [0.5, 0.6) is 0 Å². The fraction of sp³-hybridized carbons (Fsp3) is 0.727. The Hall–Kier alpha value is -3.67. The van der Waals surface area contributed by atoms with Gasteiger partial charge in [-0.2, -0.15) is 0 Å². The lowest BCUT2D eigenvalue weighted by Crippen LogP contribution is -2.62. The van der Waals surface area contributed by atoms with E-state index >= 15 is 0 Å². The normalized spacial score (nSPS) is 29.4. The predicted octanol–water partition coefficient (Wildman–Crippen LogP) is 6.28. The molecule has 3 N–H and O–H groups in total. The minimum atomic E-state index is -2.33. The van der Waals surface area contributed by atoms with Crippen LogP contribution >= 0.6 is 0 Å². The smallest absolute Gasteiger partial charge is 0.296 e. The van der Waals surface area contributed by atoms with Crippen molar-refractivity contribution >= 4 is 29.2 Å². The van der Waals surface area contributed by atoms with Crippen molar-refractivity contribution in [3.05, 3.63) is 59.8 Å². The average Bonchev–Trinajstić information content (AvgIpc) is 3.35. The van der Waals surface area contributed by atoms with Gasteiger partial charge in [0.05, 0.1) is 37.6 Å². The zero-order valence-corrected chi connectivity index (χ0v) is 43.8. The van der Waals surface area contributed by atoms with Crippen molar-refractivity contribution in [2.75, 3.05) is 54.2 Å². The number of amides is 2. The van der Waals surface area contributed by atoms with Gasteiger partial charge < -0.3 is 48.8 Å². The fourth-order valence-electron chi connectivity index (χ4n) is 10.5. The van der Waals surface area contributed by atoms with Gasteiger partial charge in [0.2, 0.25) is 11.7 Å². The molecule has 1 aliphatic carbocycles. The number of methoxy groups -OCH3 is 3. The van der Waals surface area contributed by atoms with Crippen LogP contribution < -0.4 is 0 Å². The van der Waals surface area contributed by atoms with Gasteiger partial charge in [-0.1, -0.05) is 77.2 Å². The third-order valence-electron chi connectivity index (χ3n) is 15.0. The number of ketones is 3. The van der Waals surface area contributed by atoms with E-state index in [-0.39, 0.29) is 42.0 Å². The van der Waals surface area contributed by atoms with E-state index in [1.165, 1.54) is 12.0 Å². The van der Waals surface area contributed by atoms with Gasteiger partial charge >= 0.3 is 0 Å². The van der Waals surface area contributed by atoms with Gasteiger partial charge in [0.15, 0.2) is 11.6 Å². The maximum Gasteiger partial charge on any atom is 0.296 e. The Morgan fingerprint density at radius 3 is 2.21 bits per heavy atom. The van der Waals surface area contributed by atoms with E-state index in [0.29, 0.717) is 82.7 Å². The van der Waals surface area contributed by atoms with Crippen molar-refractivity contribution in [3.8, 4) is 0 Å². The van der Waals surface area contributed by atoms with Crippen molar-refractivity contribution in [2.45, 2.75) is 168 Å². The van der Waals surface area contributed by atoms with Crippen LogP contribution in [0.4, 0.5) is 0 Å². The molecule has 0 radical (unpaired) electrons. The lowest BCUT2D eigenvalue weighted by atomic mass is 9.80. The van der Waals surface area contributed by atoms with E-state index < -0.39 is 71.8 Å². The molecule has 394 valence electrons. The summed E-state index contributed by atoms with van der Waals surface area (Å²) in [7, 11) is 4.62. The molecule has 0 spiro atoms. The highest BCUT2D eigenvalue weighted by Gasteiger charge is 2.53. The van der Waals surface area contributed by atoms with Gasteiger partial charge in [-0.05, 0) is 113 Å². The van der Waals surface area contributed by atoms with Crippen LogP contribution in [0.15, 0.2) is 59.8 Å². The number of carbonyl (C=O) groups is 5. The number of Topliss-reactive ketones (excluding diaryl/α,β-unsaturated/α-hetero) is 2. The van der Waals surface area contributed by atoms with Gasteiger partial charge in [0.25, 0.3) is 11.7 Å². The second kappa shape index (κ2) is 28.5. The molecule has 15 heteroatoms. The summed E-state index contributed by atoms with van der Waals surface area (Å²) >= 11 is 0. The number of likely N-dealkylation sites (tertiary alicyclic amines) is 1. The molecule has 3 aliphatic heterocycles. The molecular weight excluding hydrogens is 897 g/mol. The lowest BCUT2D eigenvalue weighted by molar-refractivity contribution is -0.265. The van der Waals surface area contributed by atoms with Crippen LogP contribution in [0.2, 0.25) is 0 Å². The zero-order valence-electron chi connectivity index (χ0n) is 43.8. The third-order valence-corrected chi connectivity index (χ3v) is 15.0. The molecule has 14 atom stereocenters. The Morgan fingerprint density at radius 1 is 0.829 bits per heavy atom. The summed E-state index contributed by atoms with van der Waals surface area (Å²) in [6.07, 6.45) is 18.1. The second-order valence-corrected chi connectivity index (χ2v) is 20.6. The molecule has 0 aromatic heterocycles. The fourth-order valence-corrected chi connectivity index (χ4v) is 10.5. The van der Waals surface area contributed by atoms with Gasteiger partial charge in [0, 0.05) is 65.1 Å². The van der Waals surface area contributed by atoms with Crippen molar-refractivity contribution < 1.29 is 63.0 Å². The van der Waals surface area contributed by atoms with E-state index in [4.69, 9.17) is 23.7 Å². The summed E-state index contributed by atoms with van der Waals surface area (Å²) in [6.45, 7) is 15.0. The SMILES string of the molecule is CO[C@@H](C[C@@H]1CC[C@@H](C)[C@](O)(C(=O)C(=O)N2CCCC[C@H]2C(=O)N2CCOCC2)O1)/C(C)=C/C=C/C=C/[C@@H](C)C[C@@H](C)C(=O)[C@H](OC)[C@H](O)/C(C)=C/[C@@H](C)C(=O)/C=C/[C@H](C)C[C@@H]1CC[C@@H](O)[C@H](OC)C1. The quantitative estimate of drug-likeness (QED) is 0.0423. The molecule has 70 heavy (non-hydrogen) atoms. The van der Waals surface area contributed by atoms with Crippen molar-refractivity contribution in [2.24, 2.45) is 35.5 Å². The highest BCUT2D eigenvalue weighted by atomic mass is 16.6. The number of hydrogen-bond acceptors (Lipinski definition) is 13. The van der Waals surface area contributed by atoms with Crippen LogP contribution in [0.1, 0.15) is 119 Å². The summed E-state index contributed by atoms with van der Waals surface area (Å²) in [5, 5.41) is 33.1. The van der Waals surface area contributed by atoms with E-state index in [1.807, 2.05) is 57.2 Å². The number of rotatable bonds is 24. The number of aliphatic hydroxyl groups is 3. The van der Waals surface area contributed by atoms with Crippen LogP contribution in [-0.4, -0.2) is 157 Å². The molecular formula is C55H86N2O13. The molecule has 4 fully saturated rings. The first kappa shape index (κ1) is 58.9. The van der Waals surface area contributed by atoms with Gasteiger partial charge in [0.1, 0.15) is 18.2 Å². The Morgan fingerprint density at radius 2 is 1.54 bits per heavy atom. The molecule has 0 aromatic rings. The highest BCUT2D eigenvalue weighted by molar-refractivity contribution is 6.39. The first-order valence-corrected chi connectivity index (χ1v) is 25.8. The highest BCUT2D eigenvalue weighted by Crippen LogP contribution is 2.37. The molecule has 1 saturated carbocycles. The average molecular weight is 983 g/mol. The Labute approximate surface area is 417 Å². The summed E-state index contributed by atoms with van der Waals surface area (Å²) in [5.41, 5.74) is 1.38. The van der Waals surface area contributed by atoms with Gasteiger partial charge in [-0.15, -0.1) is 0 Å². The Balaban J connectivity index is 1.26. The minimum absolute atomic E-state index is 0.0230. The molecule has 2 amide bonds. The van der Waals surface area contributed by atoms with E-state index in [9.17, 15) is 39.3 Å². The maximum atomic E-state index is 13.9. The van der Waals surface area contributed by atoms with Crippen LogP contribution in [0.3, 0.4) is 0 Å². The summed E-state index contributed by atoms with van der Waals surface area (Å²) in [4.78, 5) is 70.8. The molecule has 0 aromatic carbocycles. The number of nitrogens with zero attached hydrogens (tertiary/aromatic N) is 2. The largest absolute Gasteiger partial charge is 0.390 e. The Kier molecular flexibility index (Phi) is 24.0. The molecule has 3 saturated heterocycles. The van der Waals surface area contributed by atoms with Gasteiger partial charge in [-0.3, -0.25) is 24.0 Å². The summed E-state index contributed by atoms with van der Waals surface area (Å²) < 4.78 is 28.3. The van der Waals surface area contributed by atoms with Crippen molar-refractivity contribution in [1.29, 1.82) is 0 Å². The Bertz CT molecular complexity index is 1890. The molecule has 4 rings (SSSR count). The van der Waals surface area contributed by atoms with Crippen molar-refractivity contribution in [3.63, 3.8) is 0 Å².